The van der Waals surface area contributed by atoms with Crippen molar-refractivity contribution in [2.45, 2.75) is 18.8 Å². The van der Waals surface area contributed by atoms with Crippen LogP contribution in [0.3, 0.4) is 0 Å². The van der Waals surface area contributed by atoms with Crippen LogP contribution in [-0.2, 0) is 17.5 Å². The molecule has 1 heterocycles. The van der Waals surface area contributed by atoms with Crippen molar-refractivity contribution in [2.24, 2.45) is 5.73 Å². The third-order valence-electron chi connectivity index (χ3n) is 5.85. The number of aromatic nitrogens is 1. The molecule has 1 aromatic heterocycles. The van der Waals surface area contributed by atoms with Crippen LogP contribution in [0.1, 0.15) is 42.9 Å². The highest BCUT2D eigenvalue weighted by molar-refractivity contribution is 7.09. The molecule has 0 saturated heterocycles. The van der Waals surface area contributed by atoms with Crippen LogP contribution in [0.15, 0.2) is 78.9 Å². The fourth-order valence-corrected chi connectivity index (χ4v) is 4.65. The molecule has 3 aromatic carbocycles. The highest BCUT2D eigenvalue weighted by Gasteiger charge is 2.38. The number of hydrogen-bond acceptors (Lipinski definition) is 7. The van der Waals surface area contributed by atoms with Crippen molar-refractivity contribution in [2.75, 3.05) is 10.6 Å². The molecule has 206 valence electrons. The van der Waals surface area contributed by atoms with E-state index in [1.807, 2.05) is 0 Å². The van der Waals surface area contributed by atoms with E-state index in [1.165, 1.54) is 30.3 Å². The lowest BCUT2D eigenvalue weighted by Crippen LogP contribution is -2.44. The minimum atomic E-state index is -4.75. The first kappa shape index (κ1) is 28.1. The molecule has 0 saturated carbocycles. The highest BCUT2D eigenvalue weighted by Crippen LogP contribution is 2.37. The topological polar surface area (TPSA) is 152 Å². The monoisotopic (exact) mass is 569 g/mol. The zero-order chi connectivity index (χ0) is 29.0. The summed E-state index contributed by atoms with van der Waals surface area (Å²) in [5.74, 6) is -2.87. The maximum absolute atomic E-state index is 14.0. The second-order valence-corrected chi connectivity index (χ2v) is 9.33. The molecule has 0 aliphatic carbocycles. The van der Waals surface area contributed by atoms with E-state index in [2.05, 4.69) is 9.69 Å². The minimum absolute atomic E-state index is 0.0490. The number of carbonyl (C=O) groups excluding carboxylic acids is 3. The van der Waals surface area contributed by atoms with Gasteiger partial charge in [-0.15, -0.1) is 0 Å². The van der Waals surface area contributed by atoms with Crippen LogP contribution in [0.5, 0.6) is 5.75 Å². The number of nitrogens with one attached hydrogen (secondary N) is 1. The van der Waals surface area contributed by atoms with Gasteiger partial charge in [-0.25, -0.2) is 0 Å². The number of nitrogen functional groups attached to an aromatic ring is 1. The van der Waals surface area contributed by atoms with E-state index in [4.69, 9.17) is 11.5 Å². The summed E-state index contributed by atoms with van der Waals surface area (Å²) in [5, 5.41) is 12.5. The lowest BCUT2D eigenvalue weighted by molar-refractivity contribution is -0.137. The number of rotatable bonds is 8. The average Bonchev–Trinajstić information content (AvgIpc) is 3.32. The summed E-state index contributed by atoms with van der Waals surface area (Å²) < 4.78 is 44.8. The molecule has 0 radical (unpaired) electrons. The predicted molar refractivity (Wildman–Crippen MR) is 142 cm³/mol. The molecule has 1 atom stereocenters. The third-order valence-corrected chi connectivity index (χ3v) is 6.70. The highest BCUT2D eigenvalue weighted by atomic mass is 32.1. The molecule has 0 spiro atoms. The van der Waals surface area contributed by atoms with Gasteiger partial charge < -0.3 is 21.9 Å². The van der Waals surface area contributed by atoms with Gasteiger partial charge in [-0.1, -0.05) is 48.5 Å². The van der Waals surface area contributed by atoms with Crippen LogP contribution >= 0.6 is 11.5 Å². The summed E-state index contributed by atoms with van der Waals surface area (Å²) in [6.45, 7) is 0.0490. The summed E-state index contributed by atoms with van der Waals surface area (Å²) in [6, 6.07) is 16.5. The van der Waals surface area contributed by atoms with Crippen LogP contribution in [0.25, 0.3) is 0 Å². The van der Waals surface area contributed by atoms with E-state index in [-0.39, 0.29) is 39.8 Å². The molecule has 6 N–H and O–H groups in total. The maximum Gasteiger partial charge on any atom is 0.416 e. The van der Waals surface area contributed by atoms with Gasteiger partial charge in [0, 0.05) is 12.2 Å². The van der Waals surface area contributed by atoms with Gasteiger partial charge in [0.25, 0.3) is 11.8 Å². The normalized spacial score (nSPS) is 12.0. The van der Waals surface area contributed by atoms with Crippen molar-refractivity contribution in [3.8, 4) is 5.75 Å². The molecule has 13 heteroatoms. The van der Waals surface area contributed by atoms with Crippen molar-refractivity contribution in [1.82, 2.24) is 9.69 Å². The number of alkyl halides is 3. The van der Waals surface area contributed by atoms with E-state index in [0.717, 1.165) is 28.7 Å². The third kappa shape index (κ3) is 6.04. The van der Waals surface area contributed by atoms with Crippen molar-refractivity contribution < 1.29 is 32.7 Å². The first-order chi connectivity index (χ1) is 19.0. The molecular formula is C27H22F3N5O4S. The standard InChI is InChI=1S/C27H22F3N5O4S/c28-27(29,30)17-7-4-8-18(13-17)35(26(39)23-20(31)21(24(32)37)34-40-23)22(16-9-11-19(36)12-10-16)25(38)33-14-15-5-2-1-3-6-15/h1-13,22,36H,14,31H2,(H2,32,37)(H,33,38)/t22-/m0/s1. The van der Waals surface area contributed by atoms with Crippen molar-refractivity contribution in [3.05, 3.63) is 106 Å². The van der Waals surface area contributed by atoms with Crippen molar-refractivity contribution in [3.63, 3.8) is 0 Å². The molecule has 40 heavy (non-hydrogen) atoms. The lowest BCUT2D eigenvalue weighted by Gasteiger charge is -2.31. The Hall–Kier alpha value is -4.91. The molecule has 3 amide bonds. The van der Waals surface area contributed by atoms with Crippen LogP contribution in [0.2, 0.25) is 0 Å². The molecule has 0 aliphatic heterocycles. The number of phenolic OH excluding ortho intramolecular Hbond substituents is 1. The van der Waals surface area contributed by atoms with E-state index in [0.29, 0.717) is 11.5 Å². The molecule has 0 aliphatic rings. The summed E-state index contributed by atoms with van der Waals surface area (Å²) in [5.41, 5.74) is 10.1. The summed E-state index contributed by atoms with van der Waals surface area (Å²) in [4.78, 5) is 40.0. The predicted octanol–water partition coefficient (Wildman–Crippen LogP) is 4.25. The summed E-state index contributed by atoms with van der Waals surface area (Å²) >= 11 is 0.521. The molecule has 4 rings (SSSR count). The summed E-state index contributed by atoms with van der Waals surface area (Å²) in [7, 11) is 0. The first-order valence-electron chi connectivity index (χ1n) is 11.6. The fourth-order valence-electron chi connectivity index (χ4n) is 3.91. The zero-order valence-electron chi connectivity index (χ0n) is 20.6. The fraction of sp³-hybridized carbons (Fsp3) is 0.111. The largest absolute Gasteiger partial charge is 0.508 e. The van der Waals surface area contributed by atoms with E-state index in [1.54, 1.807) is 30.3 Å². The number of phenols is 1. The Labute approximate surface area is 230 Å². The Morgan fingerprint density at radius 3 is 2.27 bits per heavy atom. The van der Waals surface area contributed by atoms with Gasteiger partial charge in [-0.2, -0.15) is 17.5 Å². The number of primary amides is 1. The van der Waals surface area contributed by atoms with Gasteiger partial charge in [0.2, 0.25) is 5.91 Å². The van der Waals surface area contributed by atoms with Gasteiger partial charge in [0.05, 0.1) is 11.3 Å². The number of aromatic hydroxyl groups is 1. The summed E-state index contributed by atoms with van der Waals surface area (Å²) in [6.07, 6.45) is -4.75. The maximum atomic E-state index is 14.0. The Kier molecular flexibility index (Phi) is 8.05. The molecule has 0 bridgehead atoms. The SMILES string of the molecule is NC(=O)c1nsc(C(=O)N(c2cccc(C(F)(F)F)c2)[C@H](C(=O)NCc2ccccc2)c2ccc(O)cc2)c1N. The second kappa shape index (κ2) is 11.5. The van der Waals surface area contributed by atoms with E-state index < -0.39 is 35.5 Å². The number of anilines is 2. The Morgan fingerprint density at radius 1 is 1.00 bits per heavy atom. The molecule has 9 nitrogen and oxygen atoms in total. The van der Waals surface area contributed by atoms with Crippen LogP contribution in [-0.4, -0.2) is 27.2 Å². The van der Waals surface area contributed by atoms with E-state index in [9.17, 15) is 32.7 Å². The van der Waals surface area contributed by atoms with E-state index >= 15 is 0 Å². The number of halogens is 3. The molecule has 0 fully saturated rings. The van der Waals surface area contributed by atoms with Crippen molar-refractivity contribution in [1.29, 1.82) is 0 Å². The number of carbonyl (C=O) groups is 3. The number of nitrogens with two attached hydrogens (primary N) is 2. The molecule has 0 unspecified atom stereocenters. The van der Waals surface area contributed by atoms with Gasteiger partial charge in [-0.3, -0.25) is 19.3 Å². The van der Waals surface area contributed by atoms with Gasteiger partial charge in [0.15, 0.2) is 5.69 Å². The van der Waals surface area contributed by atoms with Crippen LogP contribution in [0.4, 0.5) is 24.5 Å². The Bertz CT molecular complexity index is 1540. The zero-order valence-corrected chi connectivity index (χ0v) is 21.4. The van der Waals surface area contributed by atoms with Crippen LogP contribution in [0, 0.1) is 0 Å². The Morgan fingerprint density at radius 2 is 1.68 bits per heavy atom. The first-order valence-corrected chi connectivity index (χ1v) is 12.4. The smallest absolute Gasteiger partial charge is 0.416 e. The molecule has 4 aromatic rings. The van der Waals surface area contributed by atoms with Gasteiger partial charge >= 0.3 is 6.18 Å². The van der Waals surface area contributed by atoms with Gasteiger partial charge in [0.1, 0.15) is 16.7 Å². The minimum Gasteiger partial charge on any atom is -0.508 e. The van der Waals surface area contributed by atoms with Gasteiger partial charge in [-0.05, 0) is 53.0 Å². The molecular weight excluding hydrogens is 547 g/mol. The number of benzene rings is 3. The number of nitrogens with zero attached hydrogens (tertiary/aromatic N) is 2. The average molecular weight is 570 g/mol. The number of hydrogen-bond donors (Lipinski definition) is 4. The second-order valence-electron chi connectivity index (χ2n) is 8.56. The van der Waals surface area contributed by atoms with Crippen LogP contribution < -0.4 is 21.7 Å². The number of amides is 3. The Balaban J connectivity index is 1.88. The van der Waals surface area contributed by atoms with Crippen molar-refractivity contribution >= 4 is 40.6 Å². The quantitative estimate of drug-likeness (QED) is 0.249. The lowest BCUT2D eigenvalue weighted by atomic mass is 10.0.